The van der Waals surface area contributed by atoms with E-state index >= 15 is 0 Å². The average Bonchev–Trinajstić information content (AvgIpc) is 2.19. The number of hydrogen-bond acceptors (Lipinski definition) is 1. The van der Waals surface area contributed by atoms with E-state index in [0.717, 1.165) is 13.0 Å². The number of amides is 2. The third-order valence-electron chi connectivity index (χ3n) is 2.63. The molecule has 1 atom stereocenters. The first-order chi connectivity index (χ1) is 7.04. The molecule has 1 unspecified atom stereocenters. The van der Waals surface area contributed by atoms with Crippen LogP contribution in [0.2, 0.25) is 0 Å². The number of nitrogens with zero attached hydrogens (tertiary/aromatic N) is 1. The minimum absolute atomic E-state index is 0.0972. The van der Waals surface area contributed by atoms with Crippen LogP contribution in [0.5, 0.6) is 0 Å². The Bertz CT molecular complexity index is 190. The van der Waals surface area contributed by atoms with Crippen LogP contribution in [0.3, 0.4) is 0 Å². The molecule has 0 spiro atoms. The van der Waals surface area contributed by atoms with Crippen LogP contribution in [0.1, 0.15) is 48.0 Å². The molecule has 0 radical (unpaired) electrons. The highest BCUT2D eigenvalue weighted by atomic mass is 16.2. The van der Waals surface area contributed by atoms with E-state index < -0.39 is 0 Å². The topological polar surface area (TPSA) is 32.3 Å². The van der Waals surface area contributed by atoms with Crippen molar-refractivity contribution in [1.29, 1.82) is 0 Å². The third-order valence-corrected chi connectivity index (χ3v) is 2.63. The minimum atomic E-state index is 0.0972. The number of carbonyl (C=O) groups is 1. The van der Waals surface area contributed by atoms with Gasteiger partial charge in [0.05, 0.1) is 0 Å². The van der Waals surface area contributed by atoms with Gasteiger partial charge in [0.15, 0.2) is 0 Å². The summed E-state index contributed by atoms with van der Waals surface area (Å²) in [5.41, 5.74) is 0. The molecule has 0 aromatic rings. The third kappa shape index (κ3) is 3.73. The first kappa shape index (κ1) is 14.3. The van der Waals surface area contributed by atoms with E-state index in [4.69, 9.17) is 0 Å². The summed E-state index contributed by atoms with van der Waals surface area (Å²) >= 11 is 0. The lowest BCUT2D eigenvalue weighted by Crippen LogP contribution is -2.56. The van der Waals surface area contributed by atoms with E-state index in [0.29, 0.717) is 18.0 Å². The van der Waals surface area contributed by atoms with Crippen molar-refractivity contribution in [1.82, 2.24) is 10.2 Å². The predicted octanol–water partition coefficient (Wildman–Crippen LogP) is 2.86. The van der Waals surface area contributed by atoms with Crippen molar-refractivity contribution in [2.45, 2.75) is 60.0 Å². The molecule has 1 heterocycles. The Labute approximate surface area is 94.2 Å². The highest BCUT2D eigenvalue weighted by Crippen LogP contribution is 2.20. The van der Waals surface area contributed by atoms with Crippen molar-refractivity contribution in [3.05, 3.63) is 0 Å². The monoisotopic (exact) mass is 214 g/mol. The number of hydrogen-bond donors (Lipinski definition) is 1. The molecule has 1 N–H and O–H groups in total. The molecule has 2 amide bonds. The van der Waals surface area contributed by atoms with E-state index in [2.05, 4.69) is 33.0 Å². The molecule has 0 aromatic carbocycles. The minimum Gasteiger partial charge on any atom is -0.338 e. The molecule has 15 heavy (non-hydrogen) atoms. The van der Waals surface area contributed by atoms with Crippen molar-refractivity contribution in [3.63, 3.8) is 0 Å². The second-order valence-corrected chi connectivity index (χ2v) is 4.33. The fourth-order valence-corrected chi connectivity index (χ4v) is 1.98. The Hall–Kier alpha value is -0.730. The van der Waals surface area contributed by atoms with Crippen molar-refractivity contribution in [2.24, 2.45) is 5.92 Å². The molecular weight excluding hydrogens is 188 g/mol. The van der Waals surface area contributed by atoms with Gasteiger partial charge >= 0.3 is 6.03 Å². The number of urea groups is 1. The van der Waals surface area contributed by atoms with E-state index in [1.165, 1.54) is 0 Å². The highest BCUT2D eigenvalue weighted by Gasteiger charge is 2.31. The van der Waals surface area contributed by atoms with Crippen LogP contribution < -0.4 is 5.32 Å². The van der Waals surface area contributed by atoms with Crippen molar-refractivity contribution in [2.75, 3.05) is 6.54 Å². The summed E-state index contributed by atoms with van der Waals surface area (Å²) in [6.07, 6.45) is 1.07. The van der Waals surface area contributed by atoms with Gasteiger partial charge in [-0.2, -0.15) is 0 Å². The number of carbonyl (C=O) groups excluding carboxylic acids is 1. The Morgan fingerprint density at radius 1 is 1.27 bits per heavy atom. The Balaban J connectivity index is 0.000000921. The zero-order valence-corrected chi connectivity index (χ0v) is 11.0. The second-order valence-electron chi connectivity index (χ2n) is 4.33. The average molecular weight is 214 g/mol. The van der Waals surface area contributed by atoms with Gasteiger partial charge < -0.3 is 10.2 Å². The van der Waals surface area contributed by atoms with Crippen LogP contribution in [0, 0.1) is 5.92 Å². The quantitative estimate of drug-likeness (QED) is 0.753. The fourth-order valence-electron chi connectivity index (χ4n) is 1.98. The first-order valence-electron chi connectivity index (χ1n) is 6.10. The summed E-state index contributed by atoms with van der Waals surface area (Å²) in [7, 11) is 0. The molecule has 0 aliphatic carbocycles. The fraction of sp³-hybridized carbons (Fsp3) is 0.917. The van der Waals surface area contributed by atoms with Crippen LogP contribution >= 0.6 is 0 Å². The van der Waals surface area contributed by atoms with Gasteiger partial charge in [0.25, 0.3) is 0 Å². The van der Waals surface area contributed by atoms with Crippen molar-refractivity contribution in [3.8, 4) is 0 Å². The summed E-state index contributed by atoms with van der Waals surface area (Å²) in [6, 6.07) is 0.807. The molecule has 90 valence electrons. The maximum absolute atomic E-state index is 11.6. The van der Waals surface area contributed by atoms with Crippen LogP contribution in [0.25, 0.3) is 0 Å². The summed E-state index contributed by atoms with van der Waals surface area (Å²) in [4.78, 5) is 13.5. The molecule has 3 heteroatoms. The normalized spacial score (nSPS) is 21.2. The highest BCUT2D eigenvalue weighted by molar-refractivity contribution is 5.75. The van der Waals surface area contributed by atoms with E-state index in [1.54, 1.807) is 0 Å². The van der Waals surface area contributed by atoms with Gasteiger partial charge in [0.1, 0.15) is 0 Å². The number of nitrogens with one attached hydrogen (secondary N) is 1. The van der Waals surface area contributed by atoms with Crippen LogP contribution in [-0.4, -0.2) is 29.6 Å². The molecule has 1 fully saturated rings. The molecule has 1 rings (SSSR count). The van der Waals surface area contributed by atoms with Crippen molar-refractivity contribution < 1.29 is 4.79 Å². The first-order valence-corrected chi connectivity index (χ1v) is 6.10. The summed E-state index contributed by atoms with van der Waals surface area (Å²) in [6.45, 7) is 13.3. The molecule has 1 saturated heterocycles. The van der Waals surface area contributed by atoms with Crippen LogP contribution in [-0.2, 0) is 0 Å². The largest absolute Gasteiger partial charge is 0.338 e. The predicted molar refractivity (Wildman–Crippen MR) is 65.0 cm³/mol. The second kappa shape index (κ2) is 6.70. The van der Waals surface area contributed by atoms with E-state index in [-0.39, 0.29) is 6.03 Å². The summed E-state index contributed by atoms with van der Waals surface area (Å²) in [5.74, 6) is 0.549. The Kier molecular flexibility index (Phi) is 6.37. The van der Waals surface area contributed by atoms with E-state index in [1.807, 2.05) is 18.7 Å². The lowest BCUT2D eigenvalue weighted by atomic mass is 9.96. The molecular formula is C12H26N2O. The van der Waals surface area contributed by atoms with Gasteiger partial charge in [0, 0.05) is 18.6 Å². The van der Waals surface area contributed by atoms with Gasteiger partial charge in [-0.3, -0.25) is 0 Å². The lowest BCUT2D eigenvalue weighted by molar-refractivity contribution is 0.111. The van der Waals surface area contributed by atoms with Gasteiger partial charge in [-0.1, -0.05) is 27.7 Å². The Morgan fingerprint density at radius 2 is 1.80 bits per heavy atom. The maximum atomic E-state index is 11.6. The summed E-state index contributed by atoms with van der Waals surface area (Å²) < 4.78 is 0. The van der Waals surface area contributed by atoms with E-state index in [9.17, 15) is 4.79 Å². The van der Waals surface area contributed by atoms with Crippen LogP contribution in [0.15, 0.2) is 0 Å². The number of rotatable bonds is 2. The molecule has 0 saturated carbocycles. The molecule has 0 bridgehead atoms. The standard InChI is InChI=1S/C10H20N2O.C2H6/c1-7(2)9-5-6-11-10(13)12(9)8(3)4;1-2/h7-9H,5-6H2,1-4H3,(H,11,13);1-2H3. The smallest absolute Gasteiger partial charge is 0.317 e. The van der Waals surface area contributed by atoms with Gasteiger partial charge in [-0.25, -0.2) is 4.79 Å². The van der Waals surface area contributed by atoms with Gasteiger partial charge in [-0.15, -0.1) is 0 Å². The SMILES string of the molecule is CC.CC(C)C1CCNC(=O)N1C(C)C. The molecule has 1 aliphatic heterocycles. The van der Waals surface area contributed by atoms with Crippen LogP contribution in [0.4, 0.5) is 4.79 Å². The van der Waals surface area contributed by atoms with Gasteiger partial charge in [0.2, 0.25) is 0 Å². The molecule has 0 aromatic heterocycles. The zero-order chi connectivity index (χ0) is 12.0. The van der Waals surface area contributed by atoms with Crippen molar-refractivity contribution >= 4 is 6.03 Å². The van der Waals surface area contributed by atoms with Gasteiger partial charge in [-0.05, 0) is 26.2 Å². The Morgan fingerprint density at radius 3 is 2.13 bits per heavy atom. The summed E-state index contributed by atoms with van der Waals surface area (Å²) in [5, 5.41) is 2.89. The molecule has 3 nitrogen and oxygen atoms in total. The zero-order valence-electron chi connectivity index (χ0n) is 11.0. The molecule has 1 aliphatic rings. The lowest BCUT2D eigenvalue weighted by Gasteiger charge is -2.41. The maximum Gasteiger partial charge on any atom is 0.317 e.